The summed E-state index contributed by atoms with van der Waals surface area (Å²) in [6.45, 7) is 5.56. The molecule has 140 valence electrons. The number of carbonyl (C=O) groups excluding carboxylic acids is 1. The van der Waals surface area contributed by atoms with Gasteiger partial charge < -0.3 is 20.5 Å². The predicted octanol–water partition coefficient (Wildman–Crippen LogP) is 1.96. The van der Waals surface area contributed by atoms with E-state index in [4.69, 9.17) is 4.74 Å². The van der Waals surface area contributed by atoms with Crippen LogP contribution in [0.2, 0.25) is 0 Å². The molecule has 0 saturated carbocycles. The SMILES string of the molecule is CC[C@H](C)n1nc(C(=O)NC2C[C@H]3COC[C@@H](C2)N3)c2cc(O)ccc21. The molecule has 1 unspecified atom stereocenters. The van der Waals surface area contributed by atoms with Gasteiger partial charge in [0.25, 0.3) is 5.91 Å². The highest BCUT2D eigenvalue weighted by Crippen LogP contribution is 2.27. The average Bonchev–Trinajstić information content (AvgIpc) is 2.99. The number of phenolic OH excluding ortho intramolecular Hbond substituents is 1. The summed E-state index contributed by atoms with van der Waals surface area (Å²) >= 11 is 0. The molecule has 2 saturated heterocycles. The minimum Gasteiger partial charge on any atom is -0.508 e. The average molecular weight is 358 g/mol. The van der Waals surface area contributed by atoms with Crippen molar-refractivity contribution < 1.29 is 14.6 Å². The first-order valence-corrected chi connectivity index (χ1v) is 9.41. The number of amides is 1. The van der Waals surface area contributed by atoms with Crippen LogP contribution in [-0.4, -0.2) is 52.1 Å². The highest BCUT2D eigenvalue weighted by molar-refractivity contribution is 6.05. The van der Waals surface area contributed by atoms with Crippen molar-refractivity contribution >= 4 is 16.8 Å². The molecule has 1 aromatic heterocycles. The lowest BCUT2D eigenvalue weighted by Crippen LogP contribution is -2.58. The molecular weight excluding hydrogens is 332 g/mol. The summed E-state index contributed by atoms with van der Waals surface area (Å²) in [5.74, 6) is -0.0302. The number of hydrogen-bond acceptors (Lipinski definition) is 5. The first kappa shape index (κ1) is 17.3. The molecule has 0 radical (unpaired) electrons. The Morgan fingerprint density at radius 1 is 1.42 bits per heavy atom. The van der Waals surface area contributed by atoms with E-state index in [0.717, 1.165) is 24.8 Å². The quantitative estimate of drug-likeness (QED) is 0.778. The number of nitrogens with zero attached hydrogens (tertiary/aromatic N) is 2. The Bertz CT molecular complexity index is 806. The third kappa shape index (κ3) is 3.17. The van der Waals surface area contributed by atoms with Crippen LogP contribution in [0, 0.1) is 0 Å². The Hall–Kier alpha value is -2.12. The Morgan fingerprint density at radius 3 is 2.85 bits per heavy atom. The van der Waals surface area contributed by atoms with Crippen molar-refractivity contribution in [1.82, 2.24) is 20.4 Å². The van der Waals surface area contributed by atoms with E-state index < -0.39 is 0 Å². The molecule has 26 heavy (non-hydrogen) atoms. The minimum atomic E-state index is -0.173. The number of piperidine rings is 1. The normalized spacial score (nSPS) is 26.6. The van der Waals surface area contributed by atoms with E-state index in [9.17, 15) is 9.90 Å². The second-order valence-corrected chi connectivity index (χ2v) is 7.49. The monoisotopic (exact) mass is 358 g/mol. The molecule has 0 aliphatic carbocycles. The van der Waals surface area contributed by atoms with Crippen molar-refractivity contribution in [1.29, 1.82) is 0 Å². The van der Waals surface area contributed by atoms with Gasteiger partial charge in [-0.3, -0.25) is 9.48 Å². The summed E-state index contributed by atoms with van der Waals surface area (Å²) in [6, 6.07) is 5.98. The summed E-state index contributed by atoms with van der Waals surface area (Å²) in [4.78, 5) is 13.0. The second kappa shape index (κ2) is 6.89. The maximum absolute atomic E-state index is 13.0. The molecule has 2 bridgehead atoms. The standard InChI is InChI=1S/C19H26N4O3/c1-3-11(2)23-17-5-4-15(24)8-16(17)18(22-23)19(25)21-12-6-13-9-26-10-14(7-12)20-13/h4-5,8,11-14,20,24H,3,6-7,9-10H2,1-2H3,(H,21,25)/t11-,12?,13-,14+/m0/s1. The lowest BCUT2D eigenvalue weighted by atomic mass is 9.92. The maximum atomic E-state index is 13.0. The summed E-state index contributed by atoms with van der Waals surface area (Å²) in [5.41, 5.74) is 1.26. The minimum absolute atomic E-state index is 0.115. The van der Waals surface area contributed by atoms with Gasteiger partial charge in [-0.1, -0.05) is 6.92 Å². The van der Waals surface area contributed by atoms with E-state index >= 15 is 0 Å². The van der Waals surface area contributed by atoms with Crippen LogP contribution in [0.1, 0.15) is 49.6 Å². The van der Waals surface area contributed by atoms with Gasteiger partial charge in [-0.05, 0) is 44.4 Å². The highest BCUT2D eigenvalue weighted by atomic mass is 16.5. The number of phenols is 1. The van der Waals surface area contributed by atoms with Crippen molar-refractivity contribution in [2.24, 2.45) is 0 Å². The summed E-state index contributed by atoms with van der Waals surface area (Å²) in [6.07, 6.45) is 2.63. The molecule has 7 nitrogen and oxygen atoms in total. The number of carbonyl (C=O) groups is 1. The van der Waals surface area contributed by atoms with Gasteiger partial charge in [0.05, 0.1) is 18.7 Å². The third-order valence-electron chi connectivity index (χ3n) is 5.50. The van der Waals surface area contributed by atoms with Crippen LogP contribution in [0.5, 0.6) is 5.75 Å². The van der Waals surface area contributed by atoms with Crippen LogP contribution in [-0.2, 0) is 4.74 Å². The van der Waals surface area contributed by atoms with Gasteiger partial charge in [0.1, 0.15) is 5.75 Å². The van der Waals surface area contributed by atoms with Gasteiger partial charge in [-0.15, -0.1) is 0 Å². The number of nitrogens with one attached hydrogen (secondary N) is 2. The molecule has 3 heterocycles. The number of hydrogen-bond donors (Lipinski definition) is 3. The first-order valence-electron chi connectivity index (χ1n) is 9.41. The smallest absolute Gasteiger partial charge is 0.272 e. The molecule has 2 aliphatic heterocycles. The molecule has 2 aromatic rings. The van der Waals surface area contributed by atoms with E-state index in [1.165, 1.54) is 0 Å². The lowest BCUT2D eigenvalue weighted by Gasteiger charge is -2.40. The van der Waals surface area contributed by atoms with Gasteiger partial charge in [0.15, 0.2) is 5.69 Å². The number of aromatic hydroxyl groups is 1. The second-order valence-electron chi connectivity index (χ2n) is 7.49. The van der Waals surface area contributed by atoms with E-state index in [1.807, 2.05) is 10.7 Å². The number of benzene rings is 1. The van der Waals surface area contributed by atoms with Crippen molar-refractivity contribution in [3.05, 3.63) is 23.9 Å². The van der Waals surface area contributed by atoms with Crippen LogP contribution >= 0.6 is 0 Å². The molecular formula is C19H26N4O3. The number of fused-ring (bicyclic) bond motifs is 3. The number of rotatable bonds is 4. The fourth-order valence-corrected chi connectivity index (χ4v) is 4.01. The Labute approximate surface area is 152 Å². The molecule has 4 rings (SSSR count). The number of morpholine rings is 1. The molecule has 0 spiro atoms. The Kier molecular flexibility index (Phi) is 4.58. The van der Waals surface area contributed by atoms with E-state index in [-0.39, 0.29) is 23.7 Å². The zero-order valence-corrected chi connectivity index (χ0v) is 15.2. The van der Waals surface area contributed by atoms with Crippen molar-refractivity contribution in [2.75, 3.05) is 13.2 Å². The Balaban J connectivity index is 1.61. The zero-order chi connectivity index (χ0) is 18.3. The van der Waals surface area contributed by atoms with Gasteiger partial charge in [-0.25, -0.2) is 0 Å². The molecule has 4 atom stereocenters. The largest absolute Gasteiger partial charge is 0.508 e. The van der Waals surface area contributed by atoms with Gasteiger partial charge in [0.2, 0.25) is 0 Å². The fourth-order valence-electron chi connectivity index (χ4n) is 4.01. The molecule has 2 aliphatic rings. The zero-order valence-electron chi connectivity index (χ0n) is 15.2. The van der Waals surface area contributed by atoms with Crippen LogP contribution in [0.25, 0.3) is 10.9 Å². The van der Waals surface area contributed by atoms with Crippen molar-refractivity contribution in [2.45, 2.75) is 57.3 Å². The Morgan fingerprint density at radius 2 is 2.15 bits per heavy atom. The van der Waals surface area contributed by atoms with Gasteiger partial charge >= 0.3 is 0 Å². The molecule has 3 N–H and O–H groups in total. The molecule has 2 fully saturated rings. The number of ether oxygens (including phenoxy) is 1. The third-order valence-corrected chi connectivity index (χ3v) is 5.50. The van der Waals surface area contributed by atoms with Crippen LogP contribution in [0.15, 0.2) is 18.2 Å². The maximum Gasteiger partial charge on any atom is 0.272 e. The first-order chi connectivity index (χ1) is 12.5. The molecule has 1 aromatic carbocycles. The van der Waals surface area contributed by atoms with Crippen molar-refractivity contribution in [3.8, 4) is 5.75 Å². The van der Waals surface area contributed by atoms with Gasteiger partial charge in [-0.2, -0.15) is 5.10 Å². The summed E-state index contributed by atoms with van der Waals surface area (Å²) in [5, 5.41) is 21.9. The van der Waals surface area contributed by atoms with Crippen LogP contribution < -0.4 is 10.6 Å². The van der Waals surface area contributed by atoms with E-state index in [1.54, 1.807) is 12.1 Å². The van der Waals surface area contributed by atoms with E-state index in [0.29, 0.717) is 36.4 Å². The summed E-state index contributed by atoms with van der Waals surface area (Å²) < 4.78 is 7.45. The predicted molar refractivity (Wildman–Crippen MR) is 98.4 cm³/mol. The van der Waals surface area contributed by atoms with Crippen molar-refractivity contribution in [3.63, 3.8) is 0 Å². The summed E-state index contributed by atoms with van der Waals surface area (Å²) in [7, 11) is 0. The lowest BCUT2D eigenvalue weighted by molar-refractivity contribution is 0.0148. The topological polar surface area (TPSA) is 88.4 Å². The fraction of sp³-hybridized carbons (Fsp3) is 0.579. The number of aromatic nitrogens is 2. The van der Waals surface area contributed by atoms with Crippen LogP contribution in [0.3, 0.4) is 0 Å². The highest BCUT2D eigenvalue weighted by Gasteiger charge is 2.33. The molecule has 7 heteroatoms. The van der Waals surface area contributed by atoms with Gasteiger partial charge in [0, 0.05) is 29.6 Å². The van der Waals surface area contributed by atoms with Crippen LogP contribution in [0.4, 0.5) is 0 Å². The molecule has 1 amide bonds. The van der Waals surface area contributed by atoms with E-state index in [2.05, 4.69) is 29.6 Å².